The molecule has 2 rings (SSSR count). The predicted molar refractivity (Wildman–Crippen MR) is 48.6 cm³/mol. The van der Waals surface area contributed by atoms with Crippen molar-refractivity contribution in [2.45, 2.75) is 12.8 Å². The third kappa shape index (κ3) is 1.49. The molecule has 0 saturated carbocycles. The number of azo groups is 1. The summed E-state index contributed by atoms with van der Waals surface area (Å²) >= 11 is 0. The molecule has 1 aliphatic heterocycles. The molecule has 1 unspecified atom stereocenters. The summed E-state index contributed by atoms with van der Waals surface area (Å²) in [4.78, 5) is 10.6. The second-order valence-electron chi connectivity index (χ2n) is 3.02. The lowest BCUT2D eigenvalue weighted by molar-refractivity contribution is 0.531. The number of rotatable bonds is 1. The highest BCUT2D eigenvalue weighted by atomic mass is 16.1. The van der Waals surface area contributed by atoms with Gasteiger partial charge in [0, 0.05) is 6.20 Å². The molecule has 0 saturated heterocycles. The van der Waals surface area contributed by atoms with Gasteiger partial charge in [0.2, 0.25) is 6.29 Å². The van der Waals surface area contributed by atoms with Gasteiger partial charge in [-0.15, -0.1) is 0 Å². The lowest BCUT2D eigenvalue weighted by atomic mass is 9.89. The zero-order valence-electron chi connectivity index (χ0n) is 7.10. The molecule has 65 valence electrons. The molecule has 0 spiro atoms. The van der Waals surface area contributed by atoms with Gasteiger partial charge in [0.25, 0.3) is 0 Å². The molecule has 1 heterocycles. The Morgan fingerprint density at radius 3 is 3.23 bits per heavy atom. The van der Waals surface area contributed by atoms with Crippen molar-refractivity contribution >= 4 is 6.29 Å². The van der Waals surface area contributed by atoms with E-state index >= 15 is 0 Å². The molecule has 0 bridgehead atoms. The van der Waals surface area contributed by atoms with E-state index < -0.39 is 0 Å². The molecule has 3 nitrogen and oxygen atoms in total. The standard InChI is InChI=1S/C10H9N2O/c13-7-8-3-1-5-10-9(8)4-2-6-11-12-10/h1-2,5-6,8H,3-4H2. The van der Waals surface area contributed by atoms with Crippen LogP contribution in [0.15, 0.2) is 45.9 Å². The van der Waals surface area contributed by atoms with Crippen LogP contribution in [0.4, 0.5) is 0 Å². The molecule has 1 aliphatic carbocycles. The highest BCUT2D eigenvalue weighted by Crippen LogP contribution is 2.29. The number of allylic oxidation sites excluding steroid dienone is 4. The van der Waals surface area contributed by atoms with E-state index in [2.05, 4.69) is 10.2 Å². The van der Waals surface area contributed by atoms with Crippen molar-refractivity contribution in [3.8, 4) is 0 Å². The van der Waals surface area contributed by atoms with E-state index in [0.717, 1.165) is 24.1 Å². The van der Waals surface area contributed by atoms with Gasteiger partial charge in [0.15, 0.2) is 0 Å². The van der Waals surface area contributed by atoms with Gasteiger partial charge < -0.3 is 0 Å². The van der Waals surface area contributed by atoms with E-state index in [1.165, 1.54) is 0 Å². The van der Waals surface area contributed by atoms with Gasteiger partial charge in [-0.3, -0.25) is 4.79 Å². The molecule has 0 N–H and O–H groups in total. The van der Waals surface area contributed by atoms with Crippen molar-refractivity contribution in [3.63, 3.8) is 0 Å². The van der Waals surface area contributed by atoms with Crippen molar-refractivity contribution < 1.29 is 4.79 Å². The first-order chi connectivity index (χ1) is 6.42. The van der Waals surface area contributed by atoms with E-state index in [9.17, 15) is 4.79 Å². The Hall–Kier alpha value is -1.51. The minimum Gasteiger partial charge on any atom is -0.290 e. The summed E-state index contributed by atoms with van der Waals surface area (Å²) in [6, 6.07) is 0. The van der Waals surface area contributed by atoms with Crippen LogP contribution in [0.5, 0.6) is 0 Å². The van der Waals surface area contributed by atoms with Gasteiger partial charge in [0.05, 0.1) is 11.6 Å². The van der Waals surface area contributed by atoms with E-state index in [0.29, 0.717) is 0 Å². The molecule has 0 amide bonds. The van der Waals surface area contributed by atoms with E-state index in [-0.39, 0.29) is 5.92 Å². The Labute approximate surface area is 76.6 Å². The third-order valence-corrected chi connectivity index (χ3v) is 2.21. The maximum Gasteiger partial charge on any atom is 0.206 e. The van der Waals surface area contributed by atoms with E-state index in [1.807, 2.05) is 24.5 Å². The molecule has 0 aromatic carbocycles. The molecular weight excluding hydrogens is 164 g/mol. The highest BCUT2D eigenvalue weighted by Gasteiger charge is 2.19. The Morgan fingerprint density at radius 1 is 1.46 bits per heavy atom. The zero-order chi connectivity index (χ0) is 9.10. The molecular formula is C10H9N2O. The summed E-state index contributed by atoms with van der Waals surface area (Å²) in [5, 5.41) is 7.82. The summed E-state index contributed by atoms with van der Waals surface area (Å²) in [5.74, 6) is -0.123. The first kappa shape index (κ1) is 8.10. The second kappa shape index (κ2) is 3.47. The zero-order valence-corrected chi connectivity index (χ0v) is 7.10. The predicted octanol–water partition coefficient (Wildman–Crippen LogP) is 2.30. The molecule has 1 atom stereocenters. The summed E-state index contributed by atoms with van der Waals surface area (Å²) in [5.41, 5.74) is 1.86. The topological polar surface area (TPSA) is 41.8 Å². The summed E-state index contributed by atoms with van der Waals surface area (Å²) < 4.78 is 0. The van der Waals surface area contributed by atoms with Crippen LogP contribution in [0, 0.1) is 5.92 Å². The van der Waals surface area contributed by atoms with Crippen molar-refractivity contribution in [2.75, 3.05) is 0 Å². The van der Waals surface area contributed by atoms with Gasteiger partial charge >= 0.3 is 0 Å². The minimum atomic E-state index is -0.123. The van der Waals surface area contributed by atoms with Crippen molar-refractivity contribution in [1.29, 1.82) is 0 Å². The monoisotopic (exact) mass is 173 g/mol. The van der Waals surface area contributed by atoms with Crippen molar-refractivity contribution in [1.82, 2.24) is 0 Å². The van der Waals surface area contributed by atoms with Crippen LogP contribution < -0.4 is 0 Å². The third-order valence-electron chi connectivity index (χ3n) is 2.21. The van der Waals surface area contributed by atoms with Crippen LogP contribution in [0.2, 0.25) is 0 Å². The lowest BCUT2D eigenvalue weighted by Crippen LogP contribution is -2.09. The normalized spacial score (nSPS) is 25.7. The first-order valence-corrected chi connectivity index (χ1v) is 4.25. The molecule has 0 aromatic rings. The van der Waals surface area contributed by atoms with Crippen molar-refractivity contribution in [2.24, 2.45) is 16.1 Å². The molecule has 1 radical (unpaired) electrons. The van der Waals surface area contributed by atoms with Gasteiger partial charge in [-0.1, -0.05) is 12.2 Å². The number of carbonyl (C=O) groups excluding carboxylic acids is 1. The fourth-order valence-electron chi connectivity index (χ4n) is 1.53. The fraction of sp³-hybridized carbons (Fsp3) is 0.300. The summed E-state index contributed by atoms with van der Waals surface area (Å²) in [7, 11) is 0. The van der Waals surface area contributed by atoms with Gasteiger partial charge in [-0.25, -0.2) is 0 Å². The van der Waals surface area contributed by atoms with Gasteiger partial charge in [-0.2, -0.15) is 10.2 Å². The number of hydrogen-bond acceptors (Lipinski definition) is 3. The van der Waals surface area contributed by atoms with Crippen molar-refractivity contribution in [3.05, 3.63) is 35.7 Å². The maximum atomic E-state index is 10.6. The lowest BCUT2D eigenvalue weighted by Gasteiger charge is -2.15. The highest BCUT2D eigenvalue weighted by molar-refractivity contribution is 5.62. The van der Waals surface area contributed by atoms with Crippen LogP contribution in [-0.4, -0.2) is 6.29 Å². The van der Waals surface area contributed by atoms with Crippen LogP contribution in [0.3, 0.4) is 0 Å². The Morgan fingerprint density at radius 2 is 2.38 bits per heavy atom. The summed E-state index contributed by atoms with van der Waals surface area (Å²) in [6.07, 6.45) is 11.0. The van der Waals surface area contributed by atoms with Crippen LogP contribution in [0.1, 0.15) is 12.8 Å². The Bertz CT molecular complexity index is 337. The number of hydrogen-bond donors (Lipinski definition) is 0. The molecule has 3 heteroatoms. The largest absolute Gasteiger partial charge is 0.290 e. The quantitative estimate of drug-likeness (QED) is 0.599. The SMILES string of the molecule is O=[C]C1CC=CC2=C1CC=CN=N2. The molecule has 13 heavy (non-hydrogen) atoms. The smallest absolute Gasteiger partial charge is 0.206 e. The van der Waals surface area contributed by atoms with Crippen LogP contribution in [0.25, 0.3) is 0 Å². The Kier molecular flexibility index (Phi) is 2.17. The van der Waals surface area contributed by atoms with E-state index in [1.54, 1.807) is 6.20 Å². The first-order valence-electron chi connectivity index (χ1n) is 4.25. The molecule has 2 aliphatic rings. The summed E-state index contributed by atoms with van der Waals surface area (Å²) in [6.45, 7) is 0. The van der Waals surface area contributed by atoms with Gasteiger partial charge in [0.1, 0.15) is 0 Å². The average Bonchev–Trinajstić information content (AvgIpc) is 2.41. The van der Waals surface area contributed by atoms with Crippen LogP contribution >= 0.6 is 0 Å². The Balaban J connectivity index is 2.39. The average molecular weight is 173 g/mol. The minimum absolute atomic E-state index is 0.123. The number of nitrogens with zero attached hydrogens (tertiary/aromatic N) is 2. The maximum absolute atomic E-state index is 10.6. The molecule has 0 fully saturated rings. The fourth-order valence-corrected chi connectivity index (χ4v) is 1.53. The van der Waals surface area contributed by atoms with Gasteiger partial charge in [-0.05, 0) is 24.5 Å². The molecule has 0 aromatic heterocycles. The van der Waals surface area contributed by atoms with Crippen LogP contribution in [-0.2, 0) is 4.79 Å². The van der Waals surface area contributed by atoms with E-state index in [4.69, 9.17) is 0 Å². The second-order valence-corrected chi connectivity index (χ2v) is 3.02.